The van der Waals surface area contributed by atoms with Gasteiger partial charge in [0, 0.05) is 17.6 Å². The quantitative estimate of drug-likeness (QED) is 0.517. The molecule has 10 heavy (non-hydrogen) atoms. The second kappa shape index (κ2) is 2.86. The minimum Gasteiger partial charge on any atom is -0.305 e. The summed E-state index contributed by atoms with van der Waals surface area (Å²) in [7, 11) is 0. The van der Waals surface area contributed by atoms with E-state index in [2.05, 4.69) is 4.94 Å². The zero-order valence-corrected chi connectivity index (χ0v) is 5.84. The van der Waals surface area contributed by atoms with Gasteiger partial charge in [-0.25, -0.2) is 9.74 Å². The highest BCUT2D eigenvalue weighted by atomic mass is 19.3. The molecule has 1 amide bonds. The van der Waals surface area contributed by atoms with Crippen molar-refractivity contribution in [2.24, 2.45) is 5.92 Å². The summed E-state index contributed by atoms with van der Waals surface area (Å²) >= 11 is 0. The lowest BCUT2D eigenvalue weighted by Gasteiger charge is -2.09. The Morgan fingerprint density at radius 1 is 1.80 bits per heavy atom. The molecule has 0 aliphatic carbocycles. The molecule has 0 radical (unpaired) electrons. The fourth-order valence-electron chi connectivity index (χ4n) is 1.15. The van der Waals surface area contributed by atoms with E-state index in [9.17, 15) is 9.32 Å². The Morgan fingerprint density at radius 3 is 2.90 bits per heavy atom. The highest BCUT2D eigenvalue weighted by Gasteiger charge is 2.24. The normalized spacial score (nSPS) is 25.0. The smallest absolute Gasteiger partial charge is 0.305 e. The number of halogens is 1. The van der Waals surface area contributed by atoms with Gasteiger partial charge in [-0.2, -0.15) is 0 Å². The van der Waals surface area contributed by atoms with Crippen LogP contribution in [-0.4, -0.2) is 24.1 Å². The van der Waals surface area contributed by atoms with Crippen molar-refractivity contribution in [3.05, 3.63) is 0 Å². The average molecular weight is 147 g/mol. The molecule has 0 spiro atoms. The Hall–Kier alpha value is -0.800. The van der Waals surface area contributed by atoms with E-state index >= 15 is 0 Å². The molecule has 0 aromatic heterocycles. The summed E-state index contributed by atoms with van der Waals surface area (Å²) in [6.07, 6.45) is 0.0825. The van der Waals surface area contributed by atoms with Gasteiger partial charge in [-0.15, -0.1) is 0 Å². The third-order valence-corrected chi connectivity index (χ3v) is 1.75. The van der Waals surface area contributed by atoms with Crippen molar-refractivity contribution >= 4 is 6.09 Å². The highest BCUT2D eigenvalue weighted by Crippen LogP contribution is 2.15. The number of nitrogens with zero attached hydrogens (tertiary/aromatic N) is 1. The second-order valence-electron chi connectivity index (χ2n) is 2.68. The van der Waals surface area contributed by atoms with Gasteiger partial charge in [0.15, 0.2) is 0 Å². The minimum atomic E-state index is -0.857. The van der Waals surface area contributed by atoms with Gasteiger partial charge >= 0.3 is 6.09 Å². The molecule has 4 heteroatoms. The van der Waals surface area contributed by atoms with Crippen LogP contribution < -0.4 is 0 Å². The van der Waals surface area contributed by atoms with Crippen molar-refractivity contribution in [2.45, 2.75) is 13.3 Å². The summed E-state index contributed by atoms with van der Waals surface area (Å²) in [6.45, 7) is 3.25. The van der Waals surface area contributed by atoms with Gasteiger partial charge in [-0.1, -0.05) is 6.92 Å². The van der Waals surface area contributed by atoms with E-state index in [0.717, 1.165) is 6.42 Å². The summed E-state index contributed by atoms with van der Waals surface area (Å²) in [5.41, 5.74) is 0. The van der Waals surface area contributed by atoms with Crippen LogP contribution in [0.15, 0.2) is 0 Å². The van der Waals surface area contributed by atoms with E-state index in [4.69, 9.17) is 0 Å². The molecule has 0 N–H and O–H groups in total. The zero-order chi connectivity index (χ0) is 7.56. The first-order chi connectivity index (χ1) is 4.74. The number of likely N-dealkylation sites (tertiary alicyclic amines) is 1. The van der Waals surface area contributed by atoms with Crippen LogP contribution in [0.1, 0.15) is 13.3 Å². The van der Waals surface area contributed by atoms with Crippen LogP contribution in [0.2, 0.25) is 0 Å². The number of carbonyl (C=O) groups excluding carboxylic acids is 1. The van der Waals surface area contributed by atoms with E-state index in [1.165, 1.54) is 4.90 Å². The summed E-state index contributed by atoms with van der Waals surface area (Å²) in [4.78, 5) is 14.9. The molecule has 1 saturated heterocycles. The van der Waals surface area contributed by atoms with Gasteiger partial charge < -0.3 is 4.90 Å². The van der Waals surface area contributed by atoms with Crippen molar-refractivity contribution in [3.63, 3.8) is 0 Å². The van der Waals surface area contributed by atoms with Crippen LogP contribution in [0.4, 0.5) is 9.32 Å². The monoisotopic (exact) mass is 147 g/mol. The fraction of sp³-hybridized carbons (Fsp3) is 0.833. The topological polar surface area (TPSA) is 29.5 Å². The molecule has 1 atom stereocenters. The first kappa shape index (κ1) is 7.31. The molecule has 58 valence electrons. The van der Waals surface area contributed by atoms with E-state index in [1.54, 1.807) is 0 Å². The lowest BCUT2D eigenvalue weighted by atomic mass is 10.2. The van der Waals surface area contributed by atoms with Gasteiger partial charge in [0.2, 0.25) is 0 Å². The molecule has 1 rings (SSSR count). The maximum absolute atomic E-state index is 11.3. The van der Waals surface area contributed by atoms with Crippen LogP contribution in [0, 0.1) is 5.92 Å². The molecule has 1 unspecified atom stereocenters. The van der Waals surface area contributed by atoms with Gasteiger partial charge in [0.05, 0.1) is 0 Å². The largest absolute Gasteiger partial charge is 0.447 e. The molecule has 1 aliphatic rings. The van der Waals surface area contributed by atoms with Gasteiger partial charge in [0.1, 0.15) is 0 Å². The van der Waals surface area contributed by atoms with E-state index in [-0.39, 0.29) is 0 Å². The Balaban J connectivity index is 2.37. The summed E-state index contributed by atoms with van der Waals surface area (Å²) in [5, 5.41) is 0. The Bertz CT molecular complexity index is 140. The van der Waals surface area contributed by atoms with E-state index in [1.807, 2.05) is 6.92 Å². The molecule has 3 nitrogen and oxygen atoms in total. The Morgan fingerprint density at radius 2 is 2.50 bits per heavy atom. The number of rotatable bonds is 0. The lowest BCUT2D eigenvalue weighted by Crippen LogP contribution is -2.27. The van der Waals surface area contributed by atoms with Gasteiger partial charge in [-0.05, 0) is 12.3 Å². The van der Waals surface area contributed by atoms with Crippen molar-refractivity contribution in [3.8, 4) is 0 Å². The number of hydrogen-bond donors (Lipinski definition) is 0. The SMILES string of the molecule is CC1CCN(C(=O)OF)C1. The molecule has 0 aromatic carbocycles. The van der Waals surface area contributed by atoms with Crippen molar-refractivity contribution in [2.75, 3.05) is 13.1 Å². The number of hydrogen-bond acceptors (Lipinski definition) is 2. The third kappa shape index (κ3) is 1.37. The lowest BCUT2D eigenvalue weighted by molar-refractivity contribution is -0.0776. The standard InChI is InChI=1S/C6H10FNO2/c1-5-2-3-8(4-5)6(9)10-7/h5H,2-4H2,1H3. The minimum absolute atomic E-state index is 0.471. The van der Waals surface area contributed by atoms with Crippen molar-refractivity contribution < 1.29 is 14.3 Å². The van der Waals surface area contributed by atoms with Crippen molar-refractivity contribution in [1.29, 1.82) is 0 Å². The van der Waals surface area contributed by atoms with Crippen LogP contribution in [0.5, 0.6) is 0 Å². The van der Waals surface area contributed by atoms with Crippen molar-refractivity contribution in [1.82, 2.24) is 4.90 Å². The molecule has 0 aromatic rings. The average Bonchev–Trinajstić information content (AvgIpc) is 2.34. The number of amides is 1. The predicted molar refractivity (Wildman–Crippen MR) is 32.9 cm³/mol. The van der Waals surface area contributed by atoms with Crippen LogP contribution in [-0.2, 0) is 4.94 Å². The molecule has 0 bridgehead atoms. The number of carbonyl (C=O) groups is 1. The summed E-state index contributed by atoms with van der Waals surface area (Å²) in [5.74, 6) is 0.471. The maximum atomic E-state index is 11.3. The van der Waals surface area contributed by atoms with Gasteiger partial charge in [-0.3, -0.25) is 0 Å². The fourth-order valence-corrected chi connectivity index (χ4v) is 1.15. The third-order valence-electron chi connectivity index (χ3n) is 1.75. The van der Waals surface area contributed by atoms with E-state index < -0.39 is 6.09 Å². The zero-order valence-electron chi connectivity index (χ0n) is 5.84. The Kier molecular flexibility index (Phi) is 2.09. The molecule has 0 saturated carbocycles. The molecule has 1 fully saturated rings. The van der Waals surface area contributed by atoms with Crippen LogP contribution >= 0.6 is 0 Å². The maximum Gasteiger partial charge on any atom is 0.447 e. The van der Waals surface area contributed by atoms with Crippen LogP contribution in [0.25, 0.3) is 0 Å². The molecule has 1 aliphatic heterocycles. The first-order valence-corrected chi connectivity index (χ1v) is 3.31. The van der Waals surface area contributed by atoms with Crippen LogP contribution in [0.3, 0.4) is 0 Å². The molecular formula is C6H10FNO2. The van der Waals surface area contributed by atoms with E-state index in [0.29, 0.717) is 19.0 Å². The molecule has 1 heterocycles. The molecular weight excluding hydrogens is 137 g/mol. The second-order valence-corrected chi connectivity index (χ2v) is 2.68. The highest BCUT2D eigenvalue weighted by molar-refractivity contribution is 5.67. The summed E-state index contributed by atoms with van der Waals surface area (Å²) in [6, 6.07) is 0. The predicted octanol–water partition coefficient (Wildman–Crippen LogP) is 1.35. The van der Waals surface area contributed by atoms with Gasteiger partial charge in [0.25, 0.3) is 0 Å². The first-order valence-electron chi connectivity index (χ1n) is 3.31. The summed E-state index contributed by atoms with van der Waals surface area (Å²) < 4.78 is 11.3. The Labute approximate surface area is 58.7 Å².